The Kier molecular flexibility index (Phi) is 11.7. The lowest BCUT2D eigenvalue weighted by molar-refractivity contribution is -0.143. The highest BCUT2D eigenvalue weighted by atomic mass is 32.1. The lowest BCUT2D eigenvalue weighted by Crippen LogP contribution is -2.51. The molecule has 9 nitrogen and oxygen atoms in total. The molecule has 3 aromatic rings. The zero-order valence-electron chi connectivity index (χ0n) is 26.4. The van der Waals surface area contributed by atoms with Crippen LogP contribution < -0.4 is 4.90 Å². The summed E-state index contributed by atoms with van der Waals surface area (Å²) in [6.45, 7) is 9.51. The van der Waals surface area contributed by atoms with Crippen molar-refractivity contribution >= 4 is 40.8 Å². The molecule has 1 unspecified atom stereocenters. The summed E-state index contributed by atoms with van der Waals surface area (Å²) in [7, 11) is 3.36. The van der Waals surface area contributed by atoms with E-state index in [-0.39, 0.29) is 24.3 Å². The number of thiazole rings is 1. The molecule has 3 amide bonds. The molecule has 0 saturated carbocycles. The smallest absolute Gasteiger partial charge is 0.247 e. The highest BCUT2D eigenvalue weighted by Crippen LogP contribution is 2.23. The maximum Gasteiger partial charge on any atom is 0.247 e. The third-order valence-corrected chi connectivity index (χ3v) is 8.96. The fourth-order valence-electron chi connectivity index (χ4n) is 5.34. The number of rotatable bonds is 12. The van der Waals surface area contributed by atoms with Gasteiger partial charge in [0.25, 0.3) is 0 Å². The van der Waals surface area contributed by atoms with Crippen LogP contribution in [0.15, 0.2) is 60.7 Å². The molecule has 0 bridgehead atoms. The maximum absolute atomic E-state index is 14.0. The number of methoxy groups -OCH3 is 1. The summed E-state index contributed by atoms with van der Waals surface area (Å²) in [6.07, 6.45) is 3.74. The van der Waals surface area contributed by atoms with Gasteiger partial charge < -0.3 is 24.3 Å². The van der Waals surface area contributed by atoms with Crippen LogP contribution >= 0.6 is 11.3 Å². The largest absolute Gasteiger partial charge is 0.383 e. The van der Waals surface area contributed by atoms with E-state index in [1.54, 1.807) is 43.0 Å². The van der Waals surface area contributed by atoms with Crippen molar-refractivity contribution in [1.29, 1.82) is 0 Å². The third kappa shape index (κ3) is 8.76. The van der Waals surface area contributed by atoms with Gasteiger partial charge in [-0.05, 0) is 43.2 Å². The van der Waals surface area contributed by atoms with E-state index >= 15 is 0 Å². The van der Waals surface area contributed by atoms with E-state index < -0.39 is 6.04 Å². The molecule has 1 saturated heterocycles. The molecule has 234 valence electrons. The molecule has 1 aliphatic rings. The number of carbonyl (C=O) groups excluding carboxylic acids is 3. The molecule has 1 fully saturated rings. The lowest BCUT2D eigenvalue weighted by Gasteiger charge is -2.36. The number of benzene rings is 2. The SMILES string of the molecule is COCCN(C)C(=O)C(Cc1ccccc1)N(Cc1ccc(N2CCN(C(C)=O)CC2)cc1)C(=O)C=Cc1sc(C)nc1C. The lowest BCUT2D eigenvalue weighted by atomic mass is 10.0. The normalized spacial score (nSPS) is 14.1. The van der Waals surface area contributed by atoms with Crippen molar-refractivity contribution in [3.63, 3.8) is 0 Å². The molecular weight excluding hydrogens is 574 g/mol. The number of carbonyl (C=O) groups is 3. The number of anilines is 1. The Balaban J connectivity index is 1.63. The number of likely N-dealkylation sites (N-methyl/N-ethyl adjacent to an activating group) is 1. The minimum Gasteiger partial charge on any atom is -0.383 e. The van der Waals surface area contributed by atoms with Gasteiger partial charge in [0.1, 0.15) is 6.04 Å². The number of piperazine rings is 1. The van der Waals surface area contributed by atoms with Crippen molar-refractivity contribution in [2.75, 3.05) is 58.4 Å². The van der Waals surface area contributed by atoms with Crippen LogP contribution in [0, 0.1) is 13.8 Å². The number of aromatic nitrogens is 1. The number of hydrogen-bond donors (Lipinski definition) is 0. The van der Waals surface area contributed by atoms with Gasteiger partial charge in [0.2, 0.25) is 17.7 Å². The summed E-state index contributed by atoms with van der Waals surface area (Å²) in [5, 5.41) is 0.936. The molecule has 2 heterocycles. The Hall–Kier alpha value is -4.02. The van der Waals surface area contributed by atoms with Gasteiger partial charge in [-0.2, -0.15) is 0 Å². The van der Waals surface area contributed by atoms with Crippen molar-refractivity contribution in [1.82, 2.24) is 19.7 Å². The highest BCUT2D eigenvalue weighted by molar-refractivity contribution is 7.12. The Morgan fingerprint density at radius 1 is 1.00 bits per heavy atom. The van der Waals surface area contributed by atoms with E-state index in [4.69, 9.17) is 4.74 Å². The van der Waals surface area contributed by atoms with Gasteiger partial charge in [-0.1, -0.05) is 42.5 Å². The number of nitrogens with zero attached hydrogens (tertiary/aromatic N) is 5. The van der Waals surface area contributed by atoms with Crippen LogP contribution in [0.1, 0.15) is 33.6 Å². The van der Waals surface area contributed by atoms with Crippen LogP contribution in [0.3, 0.4) is 0 Å². The fourth-order valence-corrected chi connectivity index (χ4v) is 6.17. The second-order valence-corrected chi connectivity index (χ2v) is 12.3. The molecule has 0 spiro atoms. The van der Waals surface area contributed by atoms with Gasteiger partial charge in [0.15, 0.2) is 0 Å². The predicted octanol–water partition coefficient (Wildman–Crippen LogP) is 4.19. The minimum absolute atomic E-state index is 0.104. The summed E-state index contributed by atoms with van der Waals surface area (Å²) < 4.78 is 5.23. The first-order valence-corrected chi connectivity index (χ1v) is 15.8. The molecule has 4 rings (SSSR count). The van der Waals surface area contributed by atoms with Gasteiger partial charge >= 0.3 is 0 Å². The van der Waals surface area contributed by atoms with Crippen LogP contribution in [-0.2, 0) is 32.1 Å². The van der Waals surface area contributed by atoms with Crippen LogP contribution in [0.2, 0.25) is 0 Å². The number of aryl methyl sites for hydroxylation is 2. The van der Waals surface area contributed by atoms with Crippen LogP contribution in [0.25, 0.3) is 6.08 Å². The van der Waals surface area contributed by atoms with Gasteiger partial charge in [-0.3, -0.25) is 14.4 Å². The summed E-state index contributed by atoms with van der Waals surface area (Å²) in [4.78, 5) is 52.6. The summed E-state index contributed by atoms with van der Waals surface area (Å²) in [6, 6.07) is 17.2. The van der Waals surface area contributed by atoms with Crippen molar-refractivity contribution in [3.8, 4) is 0 Å². The Morgan fingerprint density at radius 3 is 2.27 bits per heavy atom. The van der Waals surface area contributed by atoms with E-state index in [0.717, 1.165) is 45.5 Å². The van der Waals surface area contributed by atoms with E-state index in [1.165, 1.54) is 11.3 Å². The van der Waals surface area contributed by atoms with Crippen molar-refractivity contribution < 1.29 is 19.1 Å². The minimum atomic E-state index is -0.722. The topological polar surface area (TPSA) is 86.3 Å². The first kappa shape index (κ1) is 32.9. The first-order valence-electron chi connectivity index (χ1n) is 15.0. The molecule has 10 heteroatoms. The Morgan fingerprint density at radius 2 is 1.68 bits per heavy atom. The summed E-state index contributed by atoms with van der Waals surface area (Å²) in [5.41, 5.74) is 3.84. The second kappa shape index (κ2) is 15.6. The molecule has 0 radical (unpaired) electrons. The molecule has 44 heavy (non-hydrogen) atoms. The van der Waals surface area contributed by atoms with Gasteiger partial charge in [0.05, 0.1) is 22.2 Å². The van der Waals surface area contributed by atoms with Crippen molar-refractivity contribution in [2.24, 2.45) is 0 Å². The summed E-state index contributed by atoms with van der Waals surface area (Å²) in [5.74, 6) is -0.279. The number of hydrogen-bond acceptors (Lipinski definition) is 7. The predicted molar refractivity (Wildman–Crippen MR) is 176 cm³/mol. The van der Waals surface area contributed by atoms with Gasteiger partial charge in [-0.25, -0.2) is 4.98 Å². The Bertz CT molecular complexity index is 1430. The second-order valence-electron chi connectivity index (χ2n) is 11.1. The first-order chi connectivity index (χ1) is 21.2. The molecule has 1 aromatic heterocycles. The zero-order chi connectivity index (χ0) is 31.6. The fraction of sp³-hybridized carbons (Fsp3) is 0.412. The van der Waals surface area contributed by atoms with E-state index in [0.29, 0.717) is 32.7 Å². The standard InChI is InChI=1S/C34H43N5O4S/c1-25-32(44-26(2)35-25)15-16-33(41)39(31(23-28-9-7-6-8-10-28)34(42)36(4)21-22-43-5)24-29-11-13-30(14-12-29)38-19-17-37(18-20-38)27(3)40/h6-16,31H,17-24H2,1-5H3. The molecule has 1 atom stereocenters. The average Bonchev–Trinajstić information content (AvgIpc) is 3.36. The third-order valence-electron chi connectivity index (χ3n) is 7.92. The molecule has 0 aliphatic carbocycles. The molecular formula is C34H43N5O4S. The maximum atomic E-state index is 14.0. The van der Waals surface area contributed by atoms with Crippen LogP contribution in [-0.4, -0.2) is 96.9 Å². The average molecular weight is 618 g/mol. The van der Waals surface area contributed by atoms with E-state index in [9.17, 15) is 14.4 Å². The van der Waals surface area contributed by atoms with Gasteiger partial charge in [-0.15, -0.1) is 11.3 Å². The summed E-state index contributed by atoms with van der Waals surface area (Å²) >= 11 is 1.54. The van der Waals surface area contributed by atoms with E-state index in [2.05, 4.69) is 22.0 Å². The van der Waals surface area contributed by atoms with Crippen LogP contribution in [0.4, 0.5) is 5.69 Å². The van der Waals surface area contributed by atoms with Crippen LogP contribution in [0.5, 0.6) is 0 Å². The number of ether oxygens (including phenoxy) is 1. The molecule has 0 N–H and O–H groups in total. The monoisotopic (exact) mass is 617 g/mol. The molecule has 1 aliphatic heterocycles. The molecule has 2 aromatic carbocycles. The van der Waals surface area contributed by atoms with Gasteiger partial charge in [0, 0.05) is 78.5 Å². The van der Waals surface area contributed by atoms with Crippen molar-refractivity contribution in [3.05, 3.63) is 87.4 Å². The quantitative estimate of drug-likeness (QED) is 0.284. The van der Waals surface area contributed by atoms with Crippen molar-refractivity contribution in [2.45, 2.75) is 39.8 Å². The van der Waals surface area contributed by atoms with E-state index in [1.807, 2.05) is 61.2 Å². The Labute approximate surface area is 264 Å². The number of amides is 3. The highest BCUT2D eigenvalue weighted by Gasteiger charge is 2.31. The zero-order valence-corrected chi connectivity index (χ0v) is 27.2.